The minimum atomic E-state index is 0.509. The van der Waals surface area contributed by atoms with Crippen LogP contribution in [0.4, 0.5) is 0 Å². The fourth-order valence-corrected chi connectivity index (χ4v) is 2.72. The summed E-state index contributed by atoms with van der Waals surface area (Å²) in [4.78, 5) is 7.61. The predicted molar refractivity (Wildman–Crippen MR) is 93.1 cm³/mol. The van der Waals surface area contributed by atoms with Crippen LogP contribution in [0.1, 0.15) is 40.5 Å². The van der Waals surface area contributed by atoms with E-state index in [0.717, 1.165) is 0 Å². The van der Waals surface area contributed by atoms with E-state index in [9.17, 15) is 0 Å². The molecule has 0 spiro atoms. The summed E-state index contributed by atoms with van der Waals surface area (Å²) in [6.07, 6.45) is 2.92. The quantitative estimate of drug-likeness (QED) is 0.793. The van der Waals surface area contributed by atoms with Gasteiger partial charge in [0.15, 0.2) is 0 Å². The first-order chi connectivity index (χ1) is 10.3. The highest BCUT2D eigenvalue weighted by Gasteiger charge is 2.19. The molecule has 0 amide bonds. The first kappa shape index (κ1) is 20.8. The summed E-state index contributed by atoms with van der Waals surface area (Å²) in [6.45, 7) is 17.8. The number of hydrogen-bond donors (Lipinski definition) is 0. The Hall–Kier alpha value is -0.160. The van der Waals surface area contributed by atoms with Crippen molar-refractivity contribution in [2.24, 2.45) is 0 Å². The zero-order valence-corrected chi connectivity index (χ0v) is 15.4. The van der Waals surface area contributed by atoms with Crippen LogP contribution >= 0.6 is 0 Å². The lowest BCUT2D eigenvalue weighted by Gasteiger charge is -2.36. The monoisotopic (exact) mass is 301 g/mol. The van der Waals surface area contributed by atoms with E-state index >= 15 is 0 Å². The van der Waals surface area contributed by atoms with Crippen molar-refractivity contribution in [1.29, 1.82) is 0 Å². The number of ether oxygens (including phenoxy) is 1. The maximum Gasteiger partial charge on any atom is 0.0595 e. The lowest BCUT2D eigenvalue weighted by Crippen LogP contribution is -2.48. The maximum absolute atomic E-state index is 5.40. The molecule has 4 nitrogen and oxygen atoms in total. The van der Waals surface area contributed by atoms with Crippen LogP contribution in [0.5, 0.6) is 0 Å². The largest absolute Gasteiger partial charge is 0.381 e. The number of likely N-dealkylation sites (N-methyl/N-ethyl adjacent to an activating group) is 1. The third kappa shape index (κ3) is 8.77. The van der Waals surface area contributed by atoms with Crippen molar-refractivity contribution >= 4 is 0 Å². The molecule has 2 saturated heterocycles. The van der Waals surface area contributed by atoms with Crippen molar-refractivity contribution in [3.05, 3.63) is 0 Å². The summed E-state index contributed by atoms with van der Waals surface area (Å²) in [7, 11) is 4.05. The average Bonchev–Trinajstić information content (AvgIpc) is 2.58. The lowest BCUT2D eigenvalue weighted by molar-refractivity contribution is 0.0364. The number of nitrogens with zero attached hydrogens (tertiary/aromatic N) is 3. The predicted octanol–water partition coefficient (Wildman–Crippen LogP) is 2.40. The van der Waals surface area contributed by atoms with Gasteiger partial charge in [-0.2, -0.15) is 0 Å². The van der Waals surface area contributed by atoms with Gasteiger partial charge >= 0.3 is 0 Å². The molecule has 0 aromatic carbocycles. The summed E-state index contributed by atoms with van der Waals surface area (Å²) in [5, 5.41) is 0. The van der Waals surface area contributed by atoms with Crippen LogP contribution < -0.4 is 0 Å². The molecule has 0 bridgehead atoms. The van der Waals surface area contributed by atoms with E-state index in [4.69, 9.17) is 4.74 Å². The average molecular weight is 302 g/mol. The van der Waals surface area contributed by atoms with Crippen LogP contribution in [-0.4, -0.2) is 87.3 Å². The molecule has 0 unspecified atom stereocenters. The molecular weight excluding hydrogens is 262 g/mol. The number of piperidine rings is 1. The van der Waals surface area contributed by atoms with Gasteiger partial charge in [-0.3, -0.25) is 4.90 Å². The second-order valence-corrected chi connectivity index (χ2v) is 5.42. The normalized spacial score (nSPS) is 22.0. The number of hydrogen-bond acceptors (Lipinski definition) is 4. The molecule has 0 atom stereocenters. The summed E-state index contributed by atoms with van der Waals surface area (Å²) in [5.41, 5.74) is 0. The van der Waals surface area contributed by atoms with Gasteiger partial charge in [0.05, 0.1) is 6.10 Å². The molecule has 2 heterocycles. The lowest BCUT2D eigenvalue weighted by atomic mass is 10.1. The van der Waals surface area contributed by atoms with Crippen molar-refractivity contribution in [1.82, 2.24) is 14.7 Å². The Bertz CT molecular complexity index is 210. The topological polar surface area (TPSA) is 19.0 Å². The number of piperazine rings is 1. The van der Waals surface area contributed by atoms with Crippen LogP contribution in [0.15, 0.2) is 0 Å². The Morgan fingerprint density at radius 2 is 1.19 bits per heavy atom. The van der Waals surface area contributed by atoms with Crippen molar-refractivity contribution in [2.45, 2.75) is 46.6 Å². The van der Waals surface area contributed by atoms with E-state index in [1.807, 2.05) is 34.8 Å². The van der Waals surface area contributed by atoms with Gasteiger partial charge in [0.2, 0.25) is 0 Å². The Balaban J connectivity index is 0.000000921. The van der Waals surface area contributed by atoms with Gasteiger partial charge in [0.25, 0.3) is 0 Å². The first-order valence-corrected chi connectivity index (χ1v) is 8.94. The molecule has 0 radical (unpaired) electrons. The van der Waals surface area contributed by atoms with Crippen LogP contribution in [0.3, 0.4) is 0 Å². The Morgan fingerprint density at radius 1 is 0.762 bits per heavy atom. The van der Waals surface area contributed by atoms with Gasteiger partial charge in [-0.05, 0) is 19.9 Å². The summed E-state index contributed by atoms with van der Waals surface area (Å²) < 4.78 is 5.40. The van der Waals surface area contributed by atoms with Gasteiger partial charge in [-0.25, -0.2) is 0 Å². The van der Waals surface area contributed by atoms with E-state index < -0.39 is 0 Å². The van der Waals surface area contributed by atoms with Crippen molar-refractivity contribution in [3.8, 4) is 0 Å². The van der Waals surface area contributed by atoms with Gasteiger partial charge in [-0.1, -0.05) is 27.7 Å². The Morgan fingerprint density at radius 3 is 1.62 bits per heavy atom. The molecular formula is C17H39N3O. The molecule has 0 saturated carbocycles. The smallest absolute Gasteiger partial charge is 0.0595 e. The highest BCUT2D eigenvalue weighted by molar-refractivity contribution is 4.75. The minimum absolute atomic E-state index is 0.509. The number of likely N-dealkylation sites (tertiary alicyclic amines) is 1. The fourth-order valence-electron chi connectivity index (χ4n) is 2.72. The highest BCUT2D eigenvalue weighted by atomic mass is 16.5. The fraction of sp³-hybridized carbons (Fsp3) is 1.00. The van der Waals surface area contributed by atoms with E-state index in [1.165, 1.54) is 65.2 Å². The molecule has 0 aromatic heterocycles. The maximum atomic E-state index is 5.40. The zero-order chi connectivity index (χ0) is 16.1. The van der Waals surface area contributed by atoms with Crippen molar-refractivity contribution in [3.63, 3.8) is 0 Å². The van der Waals surface area contributed by atoms with Crippen LogP contribution in [0.25, 0.3) is 0 Å². The molecule has 0 aliphatic carbocycles. The van der Waals surface area contributed by atoms with Crippen molar-refractivity contribution in [2.75, 3.05) is 66.5 Å². The van der Waals surface area contributed by atoms with Gasteiger partial charge < -0.3 is 14.5 Å². The first-order valence-electron chi connectivity index (χ1n) is 8.94. The Kier molecular flexibility index (Phi) is 13.4. The standard InChI is InChI=1S/C13H27N3O.2C2H6/c1-14-7-9-16(10-8-14)12-11-15-5-3-13(17-2)4-6-15;2*1-2/h13H,3-12H2,1-2H3;2*1-2H3. The van der Waals surface area contributed by atoms with E-state index in [-0.39, 0.29) is 0 Å². The van der Waals surface area contributed by atoms with Crippen LogP contribution in [-0.2, 0) is 4.74 Å². The van der Waals surface area contributed by atoms with Crippen LogP contribution in [0.2, 0.25) is 0 Å². The zero-order valence-electron chi connectivity index (χ0n) is 15.4. The van der Waals surface area contributed by atoms with Gasteiger partial charge in [0, 0.05) is 59.5 Å². The van der Waals surface area contributed by atoms with E-state index in [1.54, 1.807) is 0 Å². The second kappa shape index (κ2) is 13.5. The van der Waals surface area contributed by atoms with E-state index in [0.29, 0.717) is 6.10 Å². The third-order valence-electron chi connectivity index (χ3n) is 4.20. The number of rotatable bonds is 4. The molecule has 4 heteroatoms. The summed E-state index contributed by atoms with van der Waals surface area (Å²) in [5.74, 6) is 0. The summed E-state index contributed by atoms with van der Waals surface area (Å²) in [6, 6.07) is 0. The molecule has 0 aromatic rings. The third-order valence-corrected chi connectivity index (χ3v) is 4.20. The Labute approximate surface area is 133 Å². The second-order valence-electron chi connectivity index (χ2n) is 5.42. The molecule has 0 N–H and O–H groups in total. The molecule has 21 heavy (non-hydrogen) atoms. The number of methoxy groups -OCH3 is 1. The molecule has 128 valence electrons. The SMILES string of the molecule is CC.CC.COC1CCN(CCN2CCN(C)CC2)CC1. The van der Waals surface area contributed by atoms with Crippen molar-refractivity contribution < 1.29 is 4.74 Å². The van der Waals surface area contributed by atoms with Gasteiger partial charge in [0.1, 0.15) is 0 Å². The van der Waals surface area contributed by atoms with Crippen LogP contribution in [0, 0.1) is 0 Å². The van der Waals surface area contributed by atoms with E-state index in [2.05, 4.69) is 21.7 Å². The summed E-state index contributed by atoms with van der Waals surface area (Å²) >= 11 is 0. The minimum Gasteiger partial charge on any atom is -0.381 e. The molecule has 2 aliphatic rings. The van der Waals surface area contributed by atoms with Gasteiger partial charge in [-0.15, -0.1) is 0 Å². The highest BCUT2D eigenvalue weighted by Crippen LogP contribution is 2.12. The molecule has 2 rings (SSSR count). The molecule has 2 aliphatic heterocycles. The molecule has 2 fully saturated rings.